The lowest BCUT2D eigenvalue weighted by Crippen LogP contribution is -2.32. The van der Waals surface area contributed by atoms with Crippen LogP contribution in [0.5, 0.6) is 5.75 Å². The van der Waals surface area contributed by atoms with Gasteiger partial charge < -0.3 is 15.0 Å². The third-order valence-corrected chi connectivity index (χ3v) is 5.18. The molecule has 1 fully saturated rings. The molecule has 1 aromatic carbocycles. The molecule has 7 heteroatoms. The minimum Gasteiger partial charge on any atom is -0.489 e. The fourth-order valence-electron chi connectivity index (χ4n) is 3.48. The summed E-state index contributed by atoms with van der Waals surface area (Å²) in [6, 6.07) is 17.1. The van der Waals surface area contributed by atoms with E-state index in [-0.39, 0.29) is 24.2 Å². The SMILES string of the molecule is O=C(NCc1ccc(OCc2cccnc2)cc1)C1CC(=O)N(Cc2ccccn2)C1. The lowest BCUT2D eigenvalue weighted by molar-refractivity contribution is -0.129. The molecule has 1 aliphatic rings. The van der Waals surface area contributed by atoms with Crippen LogP contribution >= 0.6 is 0 Å². The summed E-state index contributed by atoms with van der Waals surface area (Å²) in [6.45, 7) is 1.72. The molecule has 1 N–H and O–H groups in total. The number of ether oxygens (including phenoxy) is 1. The van der Waals surface area contributed by atoms with Crippen molar-refractivity contribution in [2.24, 2.45) is 5.92 Å². The summed E-state index contributed by atoms with van der Waals surface area (Å²) in [5.74, 6) is 0.304. The van der Waals surface area contributed by atoms with Crippen LogP contribution in [0.4, 0.5) is 0 Å². The van der Waals surface area contributed by atoms with Crippen molar-refractivity contribution >= 4 is 11.8 Å². The molecule has 1 atom stereocenters. The number of aromatic nitrogens is 2. The Morgan fingerprint density at radius 1 is 1.06 bits per heavy atom. The van der Waals surface area contributed by atoms with Crippen molar-refractivity contribution in [2.75, 3.05) is 6.54 Å². The molecule has 3 aromatic rings. The van der Waals surface area contributed by atoms with Crippen molar-refractivity contribution in [3.63, 3.8) is 0 Å². The Labute approximate surface area is 181 Å². The van der Waals surface area contributed by atoms with Crippen molar-refractivity contribution < 1.29 is 14.3 Å². The monoisotopic (exact) mass is 416 g/mol. The Bertz CT molecular complexity index is 1010. The van der Waals surface area contributed by atoms with E-state index in [1.165, 1.54) is 0 Å². The number of carbonyl (C=O) groups is 2. The Hall–Kier alpha value is -3.74. The van der Waals surface area contributed by atoms with Crippen molar-refractivity contribution in [3.8, 4) is 5.75 Å². The Morgan fingerprint density at radius 3 is 2.68 bits per heavy atom. The molecule has 4 rings (SSSR count). The number of hydrogen-bond donors (Lipinski definition) is 1. The fraction of sp³-hybridized carbons (Fsp3) is 0.250. The van der Waals surface area contributed by atoms with Crippen LogP contribution in [-0.2, 0) is 29.3 Å². The minimum atomic E-state index is -0.335. The summed E-state index contributed by atoms with van der Waals surface area (Å²) in [5.41, 5.74) is 2.79. The molecule has 158 valence electrons. The van der Waals surface area contributed by atoms with Crippen LogP contribution in [0, 0.1) is 5.92 Å². The summed E-state index contributed by atoms with van der Waals surface area (Å²) < 4.78 is 5.75. The highest BCUT2D eigenvalue weighted by Crippen LogP contribution is 2.20. The van der Waals surface area contributed by atoms with Crippen LogP contribution in [-0.4, -0.2) is 33.2 Å². The first-order valence-electron chi connectivity index (χ1n) is 10.2. The second kappa shape index (κ2) is 9.84. The number of likely N-dealkylation sites (tertiary alicyclic amines) is 1. The molecule has 7 nitrogen and oxygen atoms in total. The fourth-order valence-corrected chi connectivity index (χ4v) is 3.48. The van der Waals surface area contributed by atoms with Crippen molar-refractivity contribution in [1.82, 2.24) is 20.2 Å². The van der Waals surface area contributed by atoms with Gasteiger partial charge in [0.2, 0.25) is 11.8 Å². The maximum Gasteiger partial charge on any atom is 0.225 e. The molecule has 31 heavy (non-hydrogen) atoms. The topological polar surface area (TPSA) is 84.4 Å². The number of amides is 2. The van der Waals surface area contributed by atoms with Crippen LogP contribution in [0.2, 0.25) is 0 Å². The van der Waals surface area contributed by atoms with Gasteiger partial charge in [0, 0.05) is 43.7 Å². The summed E-state index contributed by atoms with van der Waals surface area (Å²) in [6.07, 6.45) is 5.44. The summed E-state index contributed by atoms with van der Waals surface area (Å²) in [4.78, 5) is 34.8. The van der Waals surface area contributed by atoms with E-state index in [1.807, 2.05) is 54.6 Å². The van der Waals surface area contributed by atoms with E-state index >= 15 is 0 Å². The standard InChI is InChI=1S/C24H24N4O3/c29-23-12-20(15-28(23)16-21-5-1-2-11-26-21)24(30)27-14-18-6-8-22(9-7-18)31-17-19-4-3-10-25-13-19/h1-11,13,20H,12,14-17H2,(H,27,30). The van der Waals surface area contributed by atoms with Crippen LogP contribution in [0.1, 0.15) is 23.2 Å². The maximum absolute atomic E-state index is 12.6. The molecule has 1 unspecified atom stereocenters. The van der Waals surface area contributed by atoms with Gasteiger partial charge in [-0.25, -0.2) is 0 Å². The number of hydrogen-bond acceptors (Lipinski definition) is 5. The summed E-state index contributed by atoms with van der Waals surface area (Å²) in [7, 11) is 0. The molecule has 0 spiro atoms. The van der Waals surface area contributed by atoms with Gasteiger partial charge in [-0.05, 0) is 35.9 Å². The van der Waals surface area contributed by atoms with Crippen molar-refractivity contribution in [2.45, 2.75) is 26.1 Å². The predicted octanol–water partition coefficient (Wildman–Crippen LogP) is 2.72. The summed E-state index contributed by atoms with van der Waals surface area (Å²) >= 11 is 0. The first-order chi connectivity index (χ1) is 15.2. The number of nitrogens with zero attached hydrogens (tertiary/aromatic N) is 3. The predicted molar refractivity (Wildman–Crippen MR) is 115 cm³/mol. The normalized spacial score (nSPS) is 15.7. The molecule has 0 saturated carbocycles. The third kappa shape index (κ3) is 5.66. The maximum atomic E-state index is 12.6. The van der Waals surface area contributed by atoms with E-state index in [9.17, 15) is 9.59 Å². The minimum absolute atomic E-state index is 0.0130. The van der Waals surface area contributed by atoms with Crippen LogP contribution in [0.3, 0.4) is 0 Å². The van der Waals surface area contributed by atoms with E-state index in [0.717, 1.165) is 22.6 Å². The average molecular weight is 416 g/mol. The molecule has 0 aliphatic carbocycles. The Balaban J connectivity index is 1.23. The lowest BCUT2D eigenvalue weighted by Gasteiger charge is -2.16. The van der Waals surface area contributed by atoms with Gasteiger partial charge in [-0.2, -0.15) is 0 Å². The lowest BCUT2D eigenvalue weighted by atomic mass is 10.1. The van der Waals surface area contributed by atoms with Gasteiger partial charge in [0.05, 0.1) is 18.2 Å². The van der Waals surface area contributed by atoms with Gasteiger partial charge in [-0.3, -0.25) is 19.6 Å². The zero-order chi connectivity index (χ0) is 21.5. The molecule has 1 saturated heterocycles. The summed E-state index contributed by atoms with van der Waals surface area (Å²) in [5, 5.41) is 2.94. The molecular formula is C24H24N4O3. The first-order valence-corrected chi connectivity index (χ1v) is 10.2. The quantitative estimate of drug-likeness (QED) is 0.610. The molecule has 3 heterocycles. The van der Waals surface area contributed by atoms with E-state index in [2.05, 4.69) is 15.3 Å². The van der Waals surface area contributed by atoms with E-state index in [4.69, 9.17) is 4.74 Å². The number of carbonyl (C=O) groups excluding carboxylic acids is 2. The molecule has 0 radical (unpaired) electrons. The highest BCUT2D eigenvalue weighted by atomic mass is 16.5. The third-order valence-electron chi connectivity index (χ3n) is 5.18. The Morgan fingerprint density at radius 2 is 1.94 bits per heavy atom. The van der Waals surface area contributed by atoms with Gasteiger partial charge >= 0.3 is 0 Å². The first kappa shape index (κ1) is 20.5. The Kier molecular flexibility index (Phi) is 6.52. The van der Waals surface area contributed by atoms with Gasteiger partial charge in [-0.15, -0.1) is 0 Å². The van der Waals surface area contributed by atoms with Gasteiger partial charge in [0.1, 0.15) is 12.4 Å². The number of rotatable bonds is 8. The van der Waals surface area contributed by atoms with Crippen LogP contribution in [0.25, 0.3) is 0 Å². The van der Waals surface area contributed by atoms with Crippen LogP contribution in [0.15, 0.2) is 73.2 Å². The second-order valence-electron chi connectivity index (χ2n) is 7.51. The molecule has 0 bridgehead atoms. The largest absolute Gasteiger partial charge is 0.489 e. The van der Waals surface area contributed by atoms with Crippen LogP contribution < -0.4 is 10.1 Å². The van der Waals surface area contributed by atoms with Gasteiger partial charge in [0.25, 0.3) is 0 Å². The van der Waals surface area contributed by atoms with Gasteiger partial charge in [0.15, 0.2) is 0 Å². The van der Waals surface area contributed by atoms with Crippen molar-refractivity contribution in [3.05, 3.63) is 90.0 Å². The zero-order valence-corrected chi connectivity index (χ0v) is 17.1. The number of pyridine rings is 2. The van der Waals surface area contributed by atoms with Gasteiger partial charge in [-0.1, -0.05) is 24.3 Å². The number of benzene rings is 1. The van der Waals surface area contributed by atoms with E-state index in [0.29, 0.717) is 26.2 Å². The van der Waals surface area contributed by atoms with E-state index < -0.39 is 0 Å². The number of nitrogens with one attached hydrogen (secondary N) is 1. The average Bonchev–Trinajstić information content (AvgIpc) is 3.18. The molecule has 1 aliphatic heterocycles. The van der Waals surface area contributed by atoms with Crippen molar-refractivity contribution in [1.29, 1.82) is 0 Å². The second-order valence-corrected chi connectivity index (χ2v) is 7.51. The van der Waals surface area contributed by atoms with E-state index in [1.54, 1.807) is 23.5 Å². The molecule has 2 aromatic heterocycles. The highest BCUT2D eigenvalue weighted by Gasteiger charge is 2.34. The smallest absolute Gasteiger partial charge is 0.225 e. The molecular weight excluding hydrogens is 392 g/mol. The highest BCUT2D eigenvalue weighted by molar-refractivity contribution is 5.89. The molecule has 2 amide bonds. The zero-order valence-electron chi connectivity index (χ0n) is 17.1.